The van der Waals surface area contributed by atoms with Gasteiger partial charge in [0, 0.05) is 24.7 Å². The van der Waals surface area contributed by atoms with Gasteiger partial charge < -0.3 is 16.4 Å². The number of benzene rings is 1. The third kappa shape index (κ3) is 2.02. The van der Waals surface area contributed by atoms with Gasteiger partial charge in [0.2, 0.25) is 5.91 Å². The monoisotopic (exact) mass is 219 g/mol. The van der Waals surface area contributed by atoms with Gasteiger partial charge in [0.05, 0.1) is 5.92 Å². The molecule has 4 nitrogen and oxygen atoms in total. The number of nitrogens with zero attached hydrogens (tertiary/aromatic N) is 1. The molecule has 0 saturated carbocycles. The maximum atomic E-state index is 11.4. The molecule has 0 aliphatic carbocycles. The van der Waals surface area contributed by atoms with Gasteiger partial charge >= 0.3 is 0 Å². The van der Waals surface area contributed by atoms with Gasteiger partial charge in [-0.2, -0.15) is 0 Å². The zero-order valence-corrected chi connectivity index (χ0v) is 9.39. The standard InChI is InChI=1S/C12H17N3O/c1-15-6-10(11(7-15)12(14)16)8-2-4-9(13)5-3-8/h2-5,10-11H,6-7,13H2,1H3,(H2,14,16)/t10-,11+/m0/s1. The van der Waals surface area contributed by atoms with E-state index in [1.54, 1.807) is 0 Å². The van der Waals surface area contributed by atoms with E-state index in [0.717, 1.165) is 24.3 Å². The zero-order chi connectivity index (χ0) is 11.7. The highest BCUT2D eigenvalue weighted by molar-refractivity contribution is 5.78. The summed E-state index contributed by atoms with van der Waals surface area (Å²) >= 11 is 0. The molecule has 4 heteroatoms. The van der Waals surface area contributed by atoms with Crippen molar-refractivity contribution in [2.24, 2.45) is 11.7 Å². The van der Waals surface area contributed by atoms with Crippen LogP contribution in [-0.4, -0.2) is 30.9 Å². The quantitative estimate of drug-likeness (QED) is 0.707. The number of likely N-dealkylation sites (N-methyl/N-ethyl adjacent to an activating group) is 1. The predicted molar refractivity (Wildman–Crippen MR) is 63.8 cm³/mol. The lowest BCUT2D eigenvalue weighted by molar-refractivity contribution is -0.121. The molecule has 2 rings (SSSR count). The van der Waals surface area contributed by atoms with E-state index in [9.17, 15) is 4.79 Å². The molecule has 1 heterocycles. The molecule has 4 N–H and O–H groups in total. The molecule has 1 aromatic carbocycles. The lowest BCUT2D eigenvalue weighted by Gasteiger charge is -2.15. The number of nitrogens with two attached hydrogens (primary N) is 2. The molecule has 2 atom stereocenters. The molecule has 0 aromatic heterocycles. The first kappa shape index (κ1) is 11.0. The highest BCUT2D eigenvalue weighted by Crippen LogP contribution is 2.31. The van der Waals surface area contributed by atoms with Crippen LogP contribution in [0.3, 0.4) is 0 Å². The molecule has 16 heavy (non-hydrogen) atoms. The average molecular weight is 219 g/mol. The Morgan fingerprint density at radius 1 is 1.31 bits per heavy atom. The minimum atomic E-state index is -0.217. The van der Waals surface area contributed by atoms with E-state index >= 15 is 0 Å². The van der Waals surface area contributed by atoms with Gasteiger partial charge in [0.25, 0.3) is 0 Å². The Balaban J connectivity index is 2.25. The second kappa shape index (κ2) is 4.14. The van der Waals surface area contributed by atoms with Crippen LogP contribution in [0.5, 0.6) is 0 Å². The summed E-state index contributed by atoms with van der Waals surface area (Å²) in [5.41, 5.74) is 13.0. The number of anilines is 1. The maximum absolute atomic E-state index is 11.4. The van der Waals surface area contributed by atoms with Crippen molar-refractivity contribution in [1.29, 1.82) is 0 Å². The van der Waals surface area contributed by atoms with Crippen LogP contribution in [0.2, 0.25) is 0 Å². The zero-order valence-electron chi connectivity index (χ0n) is 9.39. The van der Waals surface area contributed by atoms with Crippen molar-refractivity contribution in [2.75, 3.05) is 25.9 Å². The molecule has 0 unspecified atom stereocenters. The Morgan fingerprint density at radius 2 is 1.94 bits per heavy atom. The summed E-state index contributed by atoms with van der Waals surface area (Å²) in [6.07, 6.45) is 0. The summed E-state index contributed by atoms with van der Waals surface area (Å²) in [6, 6.07) is 7.70. The van der Waals surface area contributed by atoms with E-state index < -0.39 is 0 Å². The van der Waals surface area contributed by atoms with Crippen LogP contribution in [0, 0.1) is 5.92 Å². The first-order valence-electron chi connectivity index (χ1n) is 5.41. The van der Waals surface area contributed by atoms with Crippen LogP contribution in [0.1, 0.15) is 11.5 Å². The van der Waals surface area contributed by atoms with Crippen LogP contribution in [0.4, 0.5) is 5.69 Å². The third-order valence-electron chi connectivity index (χ3n) is 3.23. The molecule has 0 radical (unpaired) electrons. The van der Waals surface area contributed by atoms with Crippen molar-refractivity contribution in [1.82, 2.24) is 4.90 Å². The molecular formula is C12H17N3O. The smallest absolute Gasteiger partial charge is 0.222 e. The number of primary amides is 1. The number of hydrogen-bond acceptors (Lipinski definition) is 3. The van der Waals surface area contributed by atoms with E-state index in [2.05, 4.69) is 4.90 Å². The lowest BCUT2D eigenvalue weighted by Crippen LogP contribution is -2.28. The molecule has 1 fully saturated rings. The molecule has 1 saturated heterocycles. The summed E-state index contributed by atoms with van der Waals surface area (Å²) in [5, 5.41) is 0. The van der Waals surface area contributed by atoms with Gasteiger partial charge in [-0.3, -0.25) is 4.79 Å². The van der Waals surface area contributed by atoms with Gasteiger partial charge in [0.1, 0.15) is 0 Å². The molecular weight excluding hydrogens is 202 g/mol. The Morgan fingerprint density at radius 3 is 2.50 bits per heavy atom. The Hall–Kier alpha value is -1.55. The average Bonchev–Trinajstić information content (AvgIpc) is 2.61. The van der Waals surface area contributed by atoms with Crippen molar-refractivity contribution >= 4 is 11.6 Å². The number of carbonyl (C=O) groups excluding carboxylic acids is 1. The van der Waals surface area contributed by atoms with Crippen molar-refractivity contribution in [3.05, 3.63) is 29.8 Å². The fourth-order valence-corrected chi connectivity index (χ4v) is 2.37. The molecule has 0 spiro atoms. The summed E-state index contributed by atoms with van der Waals surface area (Å²) in [6.45, 7) is 1.61. The third-order valence-corrected chi connectivity index (χ3v) is 3.23. The SMILES string of the molecule is CN1C[C@@H](C(N)=O)[C@H](c2ccc(N)cc2)C1. The highest BCUT2D eigenvalue weighted by atomic mass is 16.1. The van der Waals surface area contributed by atoms with E-state index in [-0.39, 0.29) is 17.7 Å². The van der Waals surface area contributed by atoms with Crippen LogP contribution in [-0.2, 0) is 4.79 Å². The van der Waals surface area contributed by atoms with E-state index in [4.69, 9.17) is 11.5 Å². The van der Waals surface area contributed by atoms with Crippen LogP contribution < -0.4 is 11.5 Å². The lowest BCUT2D eigenvalue weighted by atomic mass is 9.88. The highest BCUT2D eigenvalue weighted by Gasteiger charge is 2.35. The van der Waals surface area contributed by atoms with Gasteiger partial charge in [-0.15, -0.1) is 0 Å². The largest absolute Gasteiger partial charge is 0.399 e. The van der Waals surface area contributed by atoms with E-state index in [0.29, 0.717) is 0 Å². The number of carbonyl (C=O) groups is 1. The van der Waals surface area contributed by atoms with Gasteiger partial charge in [-0.1, -0.05) is 12.1 Å². The summed E-state index contributed by atoms with van der Waals surface area (Å²) < 4.78 is 0. The Bertz CT molecular complexity index is 388. The predicted octanol–water partition coefficient (Wildman–Crippen LogP) is 0.399. The number of likely N-dealkylation sites (tertiary alicyclic amines) is 1. The van der Waals surface area contributed by atoms with Crippen molar-refractivity contribution in [3.63, 3.8) is 0 Å². The summed E-state index contributed by atoms with van der Waals surface area (Å²) in [5.74, 6) is -0.108. The Labute approximate surface area is 95.2 Å². The number of hydrogen-bond donors (Lipinski definition) is 2. The number of nitrogen functional groups attached to an aromatic ring is 1. The van der Waals surface area contributed by atoms with Crippen LogP contribution >= 0.6 is 0 Å². The second-order valence-corrected chi connectivity index (χ2v) is 4.50. The molecule has 1 aromatic rings. The van der Waals surface area contributed by atoms with Crippen LogP contribution in [0.15, 0.2) is 24.3 Å². The topological polar surface area (TPSA) is 72.3 Å². The normalized spacial score (nSPS) is 25.8. The van der Waals surface area contributed by atoms with Crippen LogP contribution in [0.25, 0.3) is 0 Å². The summed E-state index contributed by atoms with van der Waals surface area (Å²) in [4.78, 5) is 13.5. The van der Waals surface area contributed by atoms with E-state index in [1.807, 2.05) is 31.3 Å². The molecule has 86 valence electrons. The van der Waals surface area contributed by atoms with E-state index in [1.165, 1.54) is 0 Å². The molecule has 1 amide bonds. The molecule has 1 aliphatic heterocycles. The van der Waals surface area contributed by atoms with Gasteiger partial charge in [-0.25, -0.2) is 0 Å². The number of amides is 1. The minimum Gasteiger partial charge on any atom is -0.399 e. The fraction of sp³-hybridized carbons (Fsp3) is 0.417. The summed E-state index contributed by atoms with van der Waals surface area (Å²) in [7, 11) is 2.01. The van der Waals surface area contributed by atoms with Crippen molar-refractivity contribution in [3.8, 4) is 0 Å². The van der Waals surface area contributed by atoms with Gasteiger partial charge in [0.15, 0.2) is 0 Å². The maximum Gasteiger partial charge on any atom is 0.222 e. The first-order valence-corrected chi connectivity index (χ1v) is 5.41. The van der Waals surface area contributed by atoms with Crippen molar-refractivity contribution in [2.45, 2.75) is 5.92 Å². The number of rotatable bonds is 2. The fourth-order valence-electron chi connectivity index (χ4n) is 2.37. The first-order chi connectivity index (χ1) is 7.58. The van der Waals surface area contributed by atoms with Gasteiger partial charge in [-0.05, 0) is 24.7 Å². The second-order valence-electron chi connectivity index (χ2n) is 4.50. The minimum absolute atomic E-state index is 0.0892. The van der Waals surface area contributed by atoms with Crippen molar-refractivity contribution < 1.29 is 4.79 Å². The molecule has 0 bridgehead atoms. The Kier molecular flexibility index (Phi) is 2.83. The molecule has 1 aliphatic rings.